The number of benzene rings is 3. The molecule has 3 aromatic carbocycles. The van der Waals surface area contributed by atoms with Gasteiger partial charge < -0.3 is 30.6 Å². The van der Waals surface area contributed by atoms with Gasteiger partial charge in [-0.3, -0.25) is 0 Å². The SMILES string of the molecule is Nc1c(Nc2ccc(Oc3ccccc3)cc2)ncnc1Nc1ccc2c(c1)OCCO2. The van der Waals surface area contributed by atoms with E-state index in [1.807, 2.05) is 72.8 Å². The Morgan fingerprint density at radius 2 is 1.34 bits per heavy atom. The fourth-order valence-corrected chi connectivity index (χ4v) is 3.22. The number of fused-ring (bicyclic) bond motifs is 1. The van der Waals surface area contributed by atoms with Crippen molar-refractivity contribution in [2.45, 2.75) is 0 Å². The average Bonchev–Trinajstić information content (AvgIpc) is 2.83. The summed E-state index contributed by atoms with van der Waals surface area (Å²) < 4.78 is 17.0. The van der Waals surface area contributed by atoms with Crippen molar-refractivity contribution >= 4 is 28.7 Å². The first kappa shape index (κ1) is 19.5. The molecule has 4 aromatic rings. The van der Waals surface area contributed by atoms with E-state index in [0.717, 1.165) is 28.6 Å². The summed E-state index contributed by atoms with van der Waals surface area (Å²) in [6, 6.07) is 22.8. The van der Waals surface area contributed by atoms with Gasteiger partial charge >= 0.3 is 0 Å². The van der Waals surface area contributed by atoms with Crippen LogP contribution < -0.4 is 30.6 Å². The molecule has 0 atom stereocenters. The van der Waals surface area contributed by atoms with E-state index in [0.29, 0.717) is 36.3 Å². The van der Waals surface area contributed by atoms with Crippen LogP contribution in [0.1, 0.15) is 0 Å². The van der Waals surface area contributed by atoms with Crippen LogP contribution in [0.25, 0.3) is 0 Å². The second kappa shape index (κ2) is 8.73. The zero-order valence-electron chi connectivity index (χ0n) is 17.1. The smallest absolute Gasteiger partial charge is 0.163 e. The van der Waals surface area contributed by atoms with E-state index in [9.17, 15) is 0 Å². The molecule has 0 spiro atoms. The maximum atomic E-state index is 6.32. The number of para-hydroxylation sites is 1. The minimum absolute atomic E-state index is 0.395. The van der Waals surface area contributed by atoms with Crippen molar-refractivity contribution in [3.8, 4) is 23.0 Å². The quantitative estimate of drug-likeness (QED) is 0.390. The number of nitrogens with zero attached hydrogens (tertiary/aromatic N) is 2. The summed E-state index contributed by atoms with van der Waals surface area (Å²) in [6.07, 6.45) is 1.45. The molecule has 0 amide bonds. The van der Waals surface area contributed by atoms with Crippen molar-refractivity contribution in [3.05, 3.63) is 79.1 Å². The molecule has 2 heterocycles. The lowest BCUT2D eigenvalue weighted by Gasteiger charge is -2.19. The van der Waals surface area contributed by atoms with Crippen molar-refractivity contribution in [1.82, 2.24) is 9.97 Å². The van der Waals surface area contributed by atoms with Gasteiger partial charge in [0.15, 0.2) is 23.1 Å². The second-order valence-corrected chi connectivity index (χ2v) is 7.03. The minimum atomic E-state index is 0.395. The van der Waals surface area contributed by atoms with Gasteiger partial charge in [-0.15, -0.1) is 0 Å². The maximum Gasteiger partial charge on any atom is 0.163 e. The van der Waals surface area contributed by atoms with E-state index in [-0.39, 0.29) is 0 Å². The molecule has 0 bridgehead atoms. The normalized spacial score (nSPS) is 12.1. The molecule has 5 rings (SSSR count). The third-order valence-electron chi connectivity index (χ3n) is 4.78. The number of rotatable bonds is 6. The highest BCUT2D eigenvalue weighted by molar-refractivity contribution is 5.80. The highest BCUT2D eigenvalue weighted by atomic mass is 16.6. The van der Waals surface area contributed by atoms with E-state index in [2.05, 4.69) is 20.6 Å². The Bertz CT molecular complexity index is 1220. The molecule has 1 aliphatic heterocycles. The first-order chi connectivity index (χ1) is 15.7. The number of hydrogen-bond acceptors (Lipinski definition) is 8. The summed E-state index contributed by atoms with van der Waals surface area (Å²) in [7, 11) is 0. The van der Waals surface area contributed by atoms with Gasteiger partial charge in [-0.05, 0) is 48.5 Å². The maximum absolute atomic E-state index is 6.32. The minimum Gasteiger partial charge on any atom is -0.486 e. The summed E-state index contributed by atoms with van der Waals surface area (Å²) in [5.41, 5.74) is 8.32. The van der Waals surface area contributed by atoms with Crippen LogP contribution >= 0.6 is 0 Å². The monoisotopic (exact) mass is 427 g/mol. The number of nitrogen functional groups attached to an aromatic ring is 1. The van der Waals surface area contributed by atoms with Crippen LogP contribution in [0.2, 0.25) is 0 Å². The zero-order valence-corrected chi connectivity index (χ0v) is 17.1. The number of nitrogens with one attached hydrogen (secondary N) is 2. The Hall–Kier alpha value is -4.46. The molecule has 160 valence electrons. The molecule has 0 radical (unpaired) electrons. The highest BCUT2D eigenvalue weighted by Crippen LogP contribution is 2.35. The van der Waals surface area contributed by atoms with Crippen molar-refractivity contribution < 1.29 is 14.2 Å². The summed E-state index contributed by atoms with van der Waals surface area (Å²) in [6.45, 7) is 1.07. The number of anilines is 5. The Kier molecular flexibility index (Phi) is 5.32. The summed E-state index contributed by atoms with van der Waals surface area (Å²) in [5.74, 6) is 3.91. The van der Waals surface area contributed by atoms with Gasteiger partial charge in [0, 0.05) is 17.4 Å². The molecular weight excluding hydrogens is 406 g/mol. The van der Waals surface area contributed by atoms with Gasteiger partial charge in [-0.25, -0.2) is 9.97 Å². The first-order valence-corrected chi connectivity index (χ1v) is 10.1. The molecule has 4 N–H and O–H groups in total. The molecule has 0 saturated carbocycles. The van der Waals surface area contributed by atoms with E-state index in [1.165, 1.54) is 6.33 Å². The van der Waals surface area contributed by atoms with Gasteiger partial charge in [-0.2, -0.15) is 0 Å². The Morgan fingerprint density at radius 1 is 0.719 bits per heavy atom. The lowest BCUT2D eigenvalue weighted by Crippen LogP contribution is -2.15. The van der Waals surface area contributed by atoms with E-state index >= 15 is 0 Å². The molecule has 8 nitrogen and oxygen atoms in total. The standard InChI is InChI=1S/C24H21N5O3/c25-22-23(28-16-6-9-19(10-7-16)32-18-4-2-1-3-5-18)26-15-27-24(22)29-17-8-11-20-21(14-17)31-13-12-30-20/h1-11,14-15H,12-13,25H2,(H2,26,27,28,29). The molecule has 32 heavy (non-hydrogen) atoms. The van der Waals surface area contributed by atoms with E-state index < -0.39 is 0 Å². The van der Waals surface area contributed by atoms with Crippen molar-refractivity contribution in [1.29, 1.82) is 0 Å². The highest BCUT2D eigenvalue weighted by Gasteiger charge is 2.14. The Balaban J connectivity index is 1.29. The lowest BCUT2D eigenvalue weighted by atomic mass is 10.2. The molecule has 1 aliphatic rings. The van der Waals surface area contributed by atoms with Gasteiger partial charge in [0.05, 0.1) is 0 Å². The predicted octanol–water partition coefficient (Wildman–Crippen LogP) is 5.11. The van der Waals surface area contributed by atoms with Gasteiger partial charge in [-0.1, -0.05) is 18.2 Å². The van der Waals surface area contributed by atoms with Crippen LogP contribution in [0.4, 0.5) is 28.7 Å². The fourth-order valence-electron chi connectivity index (χ4n) is 3.22. The molecular formula is C24H21N5O3. The molecule has 0 fully saturated rings. The molecule has 1 aromatic heterocycles. The summed E-state index contributed by atoms with van der Waals surface area (Å²) in [5, 5.41) is 6.44. The molecule has 0 aliphatic carbocycles. The van der Waals surface area contributed by atoms with Crippen molar-refractivity contribution in [2.75, 3.05) is 29.6 Å². The van der Waals surface area contributed by atoms with Crippen LogP contribution in [-0.4, -0.2) is 23.2 Å². The fraction of sp³-hybridized carbons (Fsp3) is 0.0833. The Morgan fingerprint density at radius 3 is 2.09 bits per heavy atom. The average molecular weight is 427 g/mol. The molecule has 0 unspecified atom stereocenters. The van der Waals surface area contributed by atoms with Gasteiger partial charge in [0.1, 0.15) is 36.7 Å². The number of ether oxygens (including phenoxy) is 3. The third-order valence-corrected chi connectivity index (χ3v) is 4.78. The second-order valence-electron chi connectivity index (χ2n) is 7.03. The van der Waals surface area contributed by atoms with Crippen LogP contribution in [0, 0.1) is 0 Å². The molecule has 8 heteroatoms. The lowest BCUT2D eigenvalue weighted by molar-refractivity contribution is 0.171. The van der Waals surface area contributed by atoms with Crippen LogP contribution in [0.3, 0.4) is 0 Å². The summed E-state index contributed by atoms with van der Waals surface area (Å²) in [4.78, 5) is 8.54. The van der Waals surface area contributed by atoms with Gasteiger partial charge in [0.25, 0.3) is 0 Å². The number of hydrogen-bond donors (Lipinski definition) is 3. The topological polar surface area (TPSA) is 104 Å². The van der Waals surface area contributed by atoms with E-state index in [4.69, 9.17) is 19.9 Å². The summed E-state index contributed by atoms with van der Waals surface area (Å²) >= 11 is 0. The predicted molar refractivity (Wildman–Crippen MR) is 123 cm³/mol. The number of aromatic nitrogens is 2. The van der Waals surface area contributed by atoms with Crippen molar-refractivity contribution in [2.24, 2.45) is 0 Å². The van der Waals surface area contributed by atoms with Crippen LogP contribution in [0.15, 0.2) is 79.1 Å². The number of nitrogens with two attached hydrogens (primary N) is 1. The van der Waals surface area contributed by atoms with Crippen molar-refractivity contribution in [3.63, 3.8) is 0 Å². The van der Waals surface area contributed by atoms with Gasteiger partial charge in [0.2, 0.25) is 0 Å². The Labute approximate surface area is 185 Å². The van der Waals surface area contributed by atoms with Crippen LogP contribution in [-0.2, 0) is 0 Å². The van der Waals surface area contributed by atoms with E-state index in [1.54, 1.807) is 0 Å². The largest absolute Gasteiger partial charge is 0.486 e. The first-order valence-electron chi connectivity index (χ1n) is 10.1. The van der Waals surface area contributed by atoms with Crippen LogP contribution in [0.5, 0.6) is 23.0 Å². The zero-order chi connectivity index (χ0) is 21.8. The molecule has 0 saturated heterocycles. The third kappa shape index (κ3) is 4.34.